The van der Waals surface area contributed by atoms with Crippen molar-refractivity contribution in [1.29, 1.82) is 0 Å². The van der Waals surface area contributed by atoms with Crippen molar-refractivity contribution >= 4 is 50.9 Å². The van der Waals surface area contributed by atoms with E-state index in [1.54, 1.807) is 31.4 Å². The van der Waals surface area contributed by atoms with Gasteiger partial charge in [0.25, 0.3) is 0 Å². The number of anilines is 1. The summed E-state index contributed by atoms with van der Waals surface area (Å²) in [4.78, 5) is 16.7. The molecule has 1 heterocycles. The lowest BCUT2D eigenvalue weighted by Gasteiger charge is -2.12. The first-order valence-corrected chi connectivity index (χ1v) is 10.2. The fourth-order valence-corrected chi connectivity index (χ4v) is 3.43. The van der Waals surface area contributed by atoms with E-state index in [0.717, 1.165) is 11.3 Å². The smallest absolute Gasteiger partial charge is 0.237 e. The second kappa shape index (κ2) is 8.91. The number of halogens is 3. The number of aromatic nitrogens is 1. The monoisotopic (exact) mass is 468 g/mol. The number of carbonyl (C=O) groups excluding carboxylic acids is 1. The molecular weight excluding hydrogens is 455 g/mol. The summed E-state index contributed by atoms with van der Waals surface area (Å²) >= 11 is 10.5. The minimum absolute atomic E-state index is 0.155. The second-order valence-corrected chi connectivity index (χ2v) is 8.40. The summed E-state index contributed by atoms with van der Waals surface area (Å²) in [6.45, 7) is 1.76. The van der Waals surface area contributed by atoms with Crippen molar-refractivity contribution in [2.24, 2.45) is 0 Å². The number of rotatable bonds is 6. The molecule has 0 radical (unpaired) electrons. The SMILES string of the molecule is CC(SCc1coc(-c2ccc(Cl)cc2)n1)C(=O)Nc1ccc(Br)cc1F. The topological polar surface area (TPSA) is 55.1 Å². The first-order chi connectivity index (χ1) is 12.9. The maximum Gasteiger partial charge on any atom is 0.237 e. The standard InChI is InChI=1S/C19H15BrClFN2O2S/c1-11(18(25)24-17-7-4-13(20)8-16(17)22)27-10-15-9-26-19(23-15)12-2-5-14(21)6-3-12/h2-9,11H,10H2,1H3,(H,24,25). The molecule has 0 aliphatic rings. The second-order valence-electron chi connectivity index (χ2n) is 5.72. The highest BCUT2D eigenvalue weighted by molar-refractivity contribution is 9.10. The van der Waals surface area contributed by atoms with Gasteiger partial charge in [-0.1, -0.05) is 27.5 Å². The lowest BCUT2D eigenvalue weighted by molar-refractivity contribution is -0.115. The van der Waals surface area contributed by atoms with E-state index in [-0.39, 0.29) is 16.8 Å². The molecule has 0 spiro atoms. The number of carbonyl (C=O) groups is 1. The minimum Gasteiger partial charge on any atom is -0.444 e. The average molecular weight is 470 g/mol. The molecule has 0 saturated carbocycles. The molecule has 1 aromatic heterocycles. The van der Waals surface area contributed by atoms with E-state index in [9.17, 15) is 9.18 Å². The molecule has 0 fully saturated rings. The van der Waals surface area contributed by atoms with E-state index in [1.807, 2.05) is 12.1 Å². The van der Waals surface area contributed by atoms with Crippen LogP contribution < -0.4 is 5.32 Å². The van der Waals surface area contributed by atoms with E-state index in [1.165, 1.54) is 23.9 Å². The average Bonchev–Trinajstić information content (AvgIpc) is 3.11. The minimum atomic E-state index is -0.487. The first kappa shape index (κ1) is 19.9. The van der Waals surface area contributed by atoms with Crippen molar-refractivity contribution in [2.45, 2.75) is 17.9 Å². The highest BCUT2D eigenvalue weighted by Crippen LogP contribution is 2.25. The van der Waals surface area contributed by atoms with Gasteiger partial charge in [-0.15, -0.1) is 11.8 Å². The molecule has 27 heavy (non-hydrogen) atoms. The lowest BCUT2D eigenvalue weighted by Crippen LogP contribution is -2.23. The van der Waals surface area contributed by atoms with Crippen LogP contribution in [-0.4, -0.2) is 16.1 Å². The maximum atomic E-state index is 13.8. The molecule has 1 atom stereocenters. The van der Waals surface area contributed by atoms with Crippen LogP contribution in [0.3, 0.4) is 0 Å². The number of benzene rings is 2. The summed E-state index contributed by atoms with van der Waals surface area (Å²) in [6.07, 6.45) is 1.57. The van der Waals surface area contributed by atoms with Crippen molar-refractivity contribution < 1.29 is 13.6 Å². The van der Waals surface area contributed by atoms with E-state index in [4.69, 9.17) is 16.0 Å². The van der Waals surface area contributed by atoms with Gasteiger partial charge in [-0.05, 0) is 49.4 Å². The fourth-order valence-electron chi connectivity index (χ4n) is 2.21. The maximum absolute atomic E-state index is 13.8. The van der Waals surface area contributed by atoms with Crippen LogP contribution in [0, 0.1) is 5.82 Å². The van der Waals surface area contributed by atoms with Crippen LogP contribution in [0.4, 0.5) is 10.1 Å². The predicted molar refractivity (Wildman–Crippen MR) is 110 cm³/mol. The normalized spacial score (nSPS) is 12.0. The Hall–Kier alpha value is -1.83. The zero-order valence-corrected chi connectivity index (χ0v) is 17.4. The molecule has 1 unspecified atom stereocenters. The Morgan fingerprint density at radius 2 is 2.07 bits per heavy atom. The van der Waals surface area contributed by atoms with Crippen molar-refractivity contribution in [3.8, 4) is 11.5 Å². The van der Waals surface area contributed by atoms with Gasteiger partial charge in [-0.3, -0.25) is 4.79 Å². The van der Waals surface area contributed by atoms with Crippen molar-refractivity contribution in [2.75, 3.05) is 5.32 Å². The van der Waals surface area contributed by atoms with Crippen LogP contribution in [0.5, 0.6) is 0 Å². The number of nitrogens with one attached hydrogen (secondary N) is 1. The van der Waals surface area contributed by atoms with Gasteiger partial charge in [0.15, 0.2) is 0 Å². The van der Waals surface area contributed by atoms with Crippen LogP contribution in [-0.2, 0) is 10.5 Å². The molecule has 0 bridgehead atoms. The Bertz CT molecular complexity index is 949. The number of amides is 1. The molecule has 8 heteroatoms. The number of hydrogen-bond donors (Lipinski definition) is 1. The van der Waals surface area contributed by atoms with Gasteiger partial charge in [-0.2, -0.15) is 0 Å². The molecule has 0 aliphatic carbocycles. The Labute approximate surface area is 173 Å². The van der Waals surface area contributed by atoms with Gasteiger partial charge in [0.1, 0.15) is 12.1 Å². The number of oxazole rings is 1. The summed E-state index contributed by atoms with van der Waals surface area (Å²) in [7, 11) is 0. The third-order valence-corrected chi connectivity index (χ3v) is 5.60. The zero-order chi connectivity index (χ0) is 19.4. The Morgan fingerprint density at radius 3 is 2.78 bits per heavy atom. The summed E-state index contributed by atoms with van der Waals surface area (Å²) in [5.41, 5.74) is 1.70. The molecule has 3 rings (SSSR count). The molecular formula is C19H15BrClFN2O2S. The summed E-state index contributed by atoms with van der Waals surface area (Å²) in [6, 6.07) is 11.7. The Morgan fingerprint density at radius 1 is 1.33 bits per heavy atom. The van der Waals surface area contributed by atoms with Crippen LogP contribution in [0.2, 0.25) is 5.02 Å². The fraction of sp³-hybridized carbons (Fsp3) is 0.158. The predicted octanol–water partition coefficient (Wildman–Crippen LogP) is 6.16. The van der Waals surface area contributed by atoms with Crippen molar-refractivity contribution in [3.63, 3.8) is 0 Å². The van der Waals surface area contributed by atoms with E-state index >= 15 is 0 Å². The molecule has 2 aromatic carbocycles. The van der Waals surface area contributed by atoms with Gasteiger partial charge in [0.05, 0.1) is 16.6 Å². The van der Waals surface area contributed by atoms with Crippen molar-refractivity contribution in [3.05, 3.63) is 69.7 Å². The van der Waals surface area contributed by atoms with Gasteiger partial charge >= 0.3 is 0 Å². The molecule has 1 N–H and O–H groups in total. The summed E-state index contributed by atoms with van der Waals surface area (Å²) in [5.74, 6) is 0.229. The van der Waals surface area contributed by atoms with E-state index < -0.39 is 5.82 Å². The number of nitrogens with zero attached hydrogens (tertiary/aromatic N) is 1. The van der Waals surface area contributed by atoms with Gasteiger partial charge in [-0.25, -0.2) is 9.37 Å². The van der Waals surface area contributed by atoms with E-state index in [2.05, 4.69) is 26.2 Å². The molecule has 4 nitrogen and oxygen atoms in total. The Balaban J connectivity index is 1.56. The highest BCUT2D eigenvalue weighted by atomic mass is 79.9. The highest BCUT2D eigenvalue weighted by Gasteiger charge is 2.17. The van der Waals surface area contributed by atoms with Crippen LogP contribution >= 0.6 is 39.3 Å². The molecule has 0 saturated heterocycles. The van der Waals surface area contributed by atoms with E-state index in [0.29, 0.717) is 21.1 Å². The van der Waals surface area contributed by atoms with Crippen LogP contribution in [0.15, 0.2) is 57.6 Å². The quantitative estimate of drug-likeness (QED) is 0.470. The van der Waals surface area contributed by atoms with Gasteiger partial charge in [0, 0.05) is 20.8 Å². The lowest BCUT2D eigenvalue weighted by atomic mass is 10.2. The molecule has 3 aromatic rings. The van der Waals surface area contributed by atoms with Crippen LogP contribution in [0.1, 0.15) is 12.6 Å². The number of thioether (sulfide) groups is 1. The first-order valence-electron chi connectivity index (χ1n) is 8.00. The molecule has 140 valence electrons. The van der Waals surface area contributed by atoms with Gasteiger partial charge in [0.2, 0.25) is 11.8 Å². The molecule has 0 aliphatic heterocycles. The van der Waals surface area contributed by atoms with Crippen LogP contribution in [0.25, 0.3) is 11.5 Å². The third kappa shape index (κ3) is 5.34. The number of hydrogen-bond acceptors (Lipinski definition) is 4. The third-order valence-electron chi connectivity index (χ3n) is 3.68. The summed E-state index contributed by atoms with van der Waals surface area (Å²) < 4.78 is 19.9. The summed E-state index contributed by atoms with van der Waals surface area (Å²) in [5, 5.41) is 2.85. The largest absolute Gasteiger partial charge is 0.444 e. The molecule has 1 amide bonds. The zero-order valence-electron chi connectivity index (χ0n) is 14.2. The Kier molecular flexibility index (Phi) is 6.57. The van der Waals surface area contributed by atoms with Crippen molar-refractivity contribution in [1.82, 2.24) is 4.98 Å². The van der Waals surface area contributed by atoms with Gasteiger partial charge < -0.3 is 9.73 Å².